The van der Waals surface area contributed by atoms with Crippen molar-refractivity contribution in [2.45, 2.75) is 32.2 Å². The smallest absolute Gasteiger partial charge is 0.319 e. The fourth-order valence-electron chi connectivity index (χ4n) is 2.43. The highest BCUT2D eigenvalue weighted by molar-refractivity contribution is 6.31. The lowest BCUT2D eigenvalue weighted by molar-refractivity contribution is -0.142. The molecule has 6 heteroatoms. The van der Waals surface area contributed by atoms with Gasteiger partial charge in [-0.25, -0.2) is 4.79 Å². The second-order valence-electron chi connectivity index (χ2n) is 5.04. The first kappa shape index (κ1) is 14.7. The second kappa shape index (κ2) is 6.13. The highest BCUT2D eigenvalue weighted by Crippen LogP contribution is 2.26. The summed E-state index contributed by atoms with van der Waals surface area (Å²) in [5.41, 5.74) is 1.52. The summed E-state index contributed by atoms with van der Waals surface area (Å²) in [5.74, 6) is -1.35. The summed E-state index contributed by atoms with van der Waals surface area (Å²) in [7, 11) is 0. The standard InChI is InChI=1S/C14H17ClN2O3/c1-8-5-6-9(7-11(8)15)16-14(20)17-12-4-2-3-10(12)13(18)19/h5-7,10,12H,2-4H2,1H3,(H,18,19)(H2,16,17,20). The Morgan fingerprint density at radius 2 is 2.10 bits per heavy atom. The number of amides is 2. The Morgan fingerprint density at radius 1 is 1.35 bits per heavy atom. The van der Waals surface area contributed by atoms with E-state index in [0.29, 0.717) is 23.6 Å². The van der Waals surface area contributed by atoms with Crippen LogP contribution < -0.4 is 10.6 Å². The number of carboxylic acids is 1. The molecule has 2 unspecified atom stereocenters. The van der Waals surface area contributed by atoms with Crippen molar-refractivity contribution in [2.24, 2.45) is 5.92 Å². The SMILES string of the molecule is Cc1ccc(NC(=O)NC2CCCC2C(=O)O)cc1Cl. The van der Waals surface area contributed by atoms with Crippen LogP contribution in [0.2, 0.25) is 5.02 Å². The van der Waals surface area contributed by atoms with E-state index in [-0.39, 0.29) is 6.04 Å². The minimum Gasteiger partial charge on any atom is -0.481 e. The van der Waals surface area contributed by atoms with Gasteiger partial charge in [-0.3, -0.25) is 4.79 Å². The van der Waals surface area contributed by atoms with Crippen LogP contribution in [0, 0.1) is 12.8 Å². The zero-order valence-electron chi connectivity index (χ0n) is 11.1. The quantitative estimate of drug-likeness (QED) is 0.802. The Morgan fingerprint density at radius 3 is 2.75 bits per heavy atom. The fraction of sp³-hybridized carbons (Fsp3) is 0.429. The molecule has 108 valence electrons. The molecule has 2 rings (SSSR count). The minimum absolute atomic E-state index is 0.312. The Kier molecular flexibility index (Phi) is 4.49. The van der Waals surface area contributed by atoms with Crippen molar-refractivity contribution in [1.29, 1.82) is 0 Å². The molecule has 0 spiro atoms. The predicted octanol–water partition coefficient (Wildman–Crippen LogP) is 3.02. The lowest BCUT2D eigenvalue weighted by atomic mass is 10.0. The molecular formula is C14H17ClN2O3. The number of aliphatic carboxylic acids is 1. The van der Waals surface area contributed by atoms with Crippen molar-refractivity contribution in [3.05, 3.63) is 28.8 Å². The van der Waals surface area contributed by atoms with Gasteiger partial charge in [0.1, 0.15) is 0 Å². The summed E-state index contributed by atoms with van der Waals surface area (Å²) in [6.45, 7) is 1.88. The Bertz CT molecular complexity index is 533. The van der Waals surface area contributed by atoms with Crippen LogP contribution in [-0.2, 0) is 4.79 Å². The van der Waals surface area contributed by atoms with Crippen LogP contribution in [-0.4, -0.2) is 23.1 Å². The zero-order chi connectivity index (χ0) is 14.7. The molecular weight excluding hydrogens is 280 g/mol. The molecule has 1 aliphatic rings. The molecule has 2 amide bonds. The molecule has 20 heavy (non-hydrogen) atoms. The third kappa shape index (κ3) is 3.42. The molecule has 3 N–H and O–H groups in total. The average Bonchev–Trinajstić information content (AvgIpc) is 2.82. The number of carboxylic acid groups (broad SMARTS) is 1. The molecule has 5 nitrogen and oxygen atoms in total. The van der Waals surface area contributed by atoms with Crippen molar-refractivity contribution in [1.82, 2.24) is 5.32 Å². The molecule has 1 fully saturated rings. The average molecular weight is 297 g/mol. The largest absolute Gasteiger partial charge is 0.481 e. The van der Waals surface area contributed by atoms with Gasteiger partial charge in [0.05, 0.1) is 5.92 Å². The van der Waals surface area contributed by atoms with Crippen LogP contribution in [0.3, 0.4) is 0 Å². The molecule has 0 bridgehead atoms. The van der Waals surface area contributed by atoms with Crippen LogP contribution in [0.15, 0.2) is 18.2 Å². The van der Waals surface area contributed by atoms with Crippen molar-refractivity contribution < 1.29 is 14.7 Å². The Hall–Kier alpha value is -1.75. The first-order valence-corrected chi connectivity index (χ1v) is 6.91. The van der Waals surface area contributed by atoms with E-state index >= 15 is 0 Å². The fourth-order valence-corrected chi connectivity index (χ4v) is 2.62. The van der Waals surface area contributed by atoms with E-state index in [9.17, 15) is 9.59 Å². The summed E-state index contributed by atoms with van der Waals surface area (Å²) in [6.07, 6.45) is 2.12. The van der Waals surface area contributed by atoms with E-state index in [1.807, 2.05) is 13.0 Å². The van der Waals surface area contributed by atoms with E-state index in [1.165, 1.54) is 0 Å². The molecule has 0 aliphatic heterocycles. The summed E-state index contributed by atoms with van der Waals surface area (Å²) in [4.78, 5) is 22.9. The van der Waals surface area contributed by atoms with Gasteiger partial charge in [-0.1, -0.05) is 24.1 Å². The number of halogens is 1. The molecule has 0 heterocycles. The van der Waals surface area contributed by atoms with Crippen molar-refractivity contribution in [3.63, 3.8) is 0 Å². The number of hydrogen-bond acceptors (Lipinski definition) is 2. The first-order valence-electron chi connectivity index (χ1n) is 6.54. The van der Waals surface area contributed by atoms with Gasteiger partial charge in [-0.15, -0.1) is 0 Å². The minimum atomic E-state index is -0.855. The van der Waals surface area contributed by atoms with Crippen molar-refractivity contribution >= 4 is 29.3 Å². The summed E-state index contributed by atoms with van der Waals surface area (Å²) < 4.78 is 0. The Balaban J connectivity index is 1.95. The van der Waals surface area contributed by atoms with E-state index in [2.05, 4.69) is 10.6 Å². The number of urea groups is 1. The number of benzene rings is 1. The van der Waals surface area contributed by atoms with Crippen LogP contribution >= 0.6 is 11.6 Å². The maximum Gasteiger partial charge on any atom is 0.319 e. The van der Waals surface area contributed by atoms with Crippen LogP contribution in [0.25, 0.3) is 0 Å². The monoisotopic (exact) mass is 296 g/mol. The third-order valence-electron chi connectivity index (χ3n) is 3.58. The molecule has 0 saturated heterocycles. The molecule has 1 aromatic carbocycles. The van der Waals surface area contributed by atoms with E-state index in [4.69, 9.17) is 16.7 Å². The normalized spacial score (nSPS) is 21.5. The van der Waals surface area contributed by atoms with Gasteiger partial charge >= 0.3 is 12.0 Å². The number of rotatable bonds is 3. The highest BCUT2D eigenvalue weighted by atomic mass is 35.5. The molecule has 1 saturated carbocycles. The number of nitrogens with one attached hydrogen (secondary N) is 2. The van der Waals surface area contributed by atoms with Gasteiger partial charge < -0.3 is 15.7 Å². The highest BCUT2D eigenvalue weighted by Gasteiger charge is 2.33. The third-order valence-corrected chi connectivity index (χ3v) is 3.99. The van der Waals surface area contributed by atoms with Crippen LogP contribution in [0.1, 0.15) is 24.8 Å². The number of hydrogen-bond donors (Lipinski definition) is 3. The van der Waals surface area contributed by atoms with E-state index < -0.39 is 17.9 Å². The number of carbonyl (C=O) groups is 2. The van der Waals surface area contributed by atoms with E-state index in [0.717, 1.165) is 12.0 Å². The van der Waals surface area contributed by atoms with Gasteiger partial charge in [0.2, 0.25) is 0 Å². The van der Waals surface area contributed by atoms with Crippen molar-refractivity contribution in [3.8, 4) is 0 Å². The first-order chi connectivity index (χ1) is 9.47. The van der Waals surface area contributed by atoms with Gasteiger partial charge in [0, 0.05) is 16.8 Å². The topological polar surface area (TPSA) is 78.4 Å². The number of aryl methyl sites for hydroxylation is 1. The predicted molar refractivity (Wildman–Crippen MR) is 77.1 cm³/mol. The maximum absolute atomic E-state index is 11.9. The summed E-state index contributed by atoms with van der Waals surface area (Å²) in [6, 6.07) is 4.52. The number of anilines is 1. The number of carbonyl (C=O) groups excluding carboxylic acids is 1. The molecule has 1 aliphatic carbocycles. The lowest BCUT2D eigenvalue weighted by Crippen LogP contribution is -2.42. The molecule has 0 radical (unpaired) electrons. The molecule has 1 aromatic rings. The molecule has 0 aromatic heterocycles. The zero-order valence-corrected chi connectivity index (χ0v) is 11.9. The second-order valence-corrected chi connectivity index (χ2v) is 5.45. The lowest BCUT2D eigenvalue weighted by Gasteiger charge is -2.18. The van der Waals surface area contributed by atoms with Gasteiger partial charge in [0.15, 0.2) is 0 Å². The van der Waals surface area contributed by atoms with Crippen LogP contribution in [0.5, 0.6) is 0 Å². The van der Waals surface area contributed by atoms with Crippen LogP contribution in [0.4, 0.5) is 10.5 Å². The van der Waals surface area contributed by atoms with Gasteiger partial charge in [0.25, 0.3) is 0 Å². The molecule has 2 atom stereocenters. The Labute approximate surface area is 122 Å². The summed E-state index contributed by atoms with van der Waals surface area (Å²) in [5, 5.41) is 15.0. The van der Waals surface area contributed by atoms with Gasteiger partial charge in [-0.05, 0) is 37.5 Å². The summed E-state index contributed by atoms with van der Waals surface area (Å²) >= 11 is 5.98. The van der Waals surface area contributed by atoms with Crippen molar-refractivity contribution in [2.75, 3.05) is 5.32 Å². The van der Waals surface area contributed by atoms with E-state index in [1.54, 1.807) is 12.1 Å². The maximum atomic E-state index is 11.9. The van der Waals surface area contributed by atoms with Gasteiger partial charge in [-0.2, -0.15) is 0 Å².